The van der Waals surface area contributed by atoms with Crippen molar-refractivity contribution >= 4 is 35.1 Å². The van der Waals surface area contributed by atoms with E-state index in [1.807, 2.05) is 12.1 Å². The molecule has 0 spiro atoms. The molecule has 8 N–H and O–H groups in total. The first-order valence-electron chi connectivity index (χ1n) is 15.2. The first kappa shape index (κ1) is 32.9. The van der Waals surface area contributed by atoms with Crippen LogP contribution in [0, 0.1) is 5.82 Å². The van der Waals surface area contributed by atoms with Crippen LogP contribution in [-0.4, -0.2) is 54.4 Å². The Labute approximate surface area is 271 Å². The number of nitrogen functional groups attached to an aromatic ring is 2. The average molecular weight is 653 g/mol. The van der Waals surface area contributed by atoms with Gasteiger partial charge in [0.2, 0.25) is 11.9 Å². The molecular weight excluding hydrogens is 615 g/mol. The normalized spacial score (nSPS) is 21.0. The molecule has 12 nitrogen and oxygen atoms in total. The fraction of sp³-hybridized carbons (Fsp3) is 0.375. The van der Waals surface area contributed by atoms with E-state index in [0.29, 0.717) is 39.7 Å². The molecule has 0 unspecified atom stereocenters. The van der Waals surface area contributed by atoms with E-state index in [2.05, 4.69) is 30.6 Å². The van der Waals surface area contributed by atoms with Crippen molar-refractivity contribution in [1.82, 2.24) is 19.9 Å². The van der Waals surface area contributed by atoms with E-state index in [1.165, 1.54) is 36.7 Å². The van der Waals surface area contributed by atoms with E-state index in [-0.39, 0.29) is 42.0 Å². The van der Waals surface area contributed by atoms with Gasteiger partial charge in [0.1, 0.15) is 17.3 Å². The molecule has 0 atom stereocenters. The second-order valence-electron chi connectivity index (χ2n) is 11.3. The topological polar surface area (TPSA) is 187 Å². The number of aliphatic hydroxyl groups excluding tert-OH is 2. The maximum Gasteiger partial charge on any atom is 0.222 e. The van der Waals surface area contributed by atoms with E-state index in [9.17, 15) is 14.6 Å². The number of halogens is 2. The van der Waals surface area contributed by atoms with Crippen molar-refractivity contribution < 1.29 is 24.1 Å². The largest absolute Gasteiger partial charge is 0.452 e. The van der Waals surface area contributed by atoms with Gasteiger partial charge in [-0.15, -0.1) is 0 Å². The average Bonchev–Trinajstić information content (AvgIpc) is 3.04. The summed E-state index contributed by atoms with van der Waals surface area (Å²) in [5.74, 6) is 2.96. The van der Waals surface area contributed by atoms with E-state index in [4.69, 9.17) is 32.5 Å². The molecular formula is C32H38ClFN8O4. The molecule has 2 aliphatic carbocycles. The third-order valence-corrected chi connectivity index (χ3v) is 8.03. The van der Waals surface area contributed by atoms with Crippen LogP contribution in [-0.2, 0) is 0 Å². The number of hydrogen-bond acceptors (Lipinski definition) is 12. The lowest BCUT2D eigenvalue weighted by Crippen LogP contribution is -2.28. The number of benzene rings is 2. The maximum absolute atomic E-state index is 13.0. The molecule has 2 saturated carbocycles. The second-order valence-corrected chi connectivity index (χ2v) is 11.7. The predicted molar refractivity (Wildman–Crippen MR) is 175 cm³/mol. The standard InChI is InChI=1S/C16H19ClN4O2.C16H19FN4O2/c17-12-3-1-2-4-13(12)23-14-9-19-16(18)21-15(14)20-10-5-7-11(22)8-6-10;17-10-1-7-13(8-2-10)23-14-9-19-16(18)21-15(14)20-11-3-5-12(22)6-4-11/h1-4,9-11,22H,5-8H2,(H3,18,19,20,21);1-2,7-9,11-12,22H,3-6H2,(H3,18,19,20,21). The number of ether oxygens (including phenoxy) is 2. The van der Waals surface area contributed by atoms with Gasteiger partial charge in [-0.2, -0.15) is 9.97 Å². The first-order valence-corrected chi connectivity index (χ1v) is 15.6. The van der Waals surface area contributed by atoms with Crippen molar-refractivity contribution in [2.45, 2.75) is 75.7 Å². The lowest BCUT2D eigenvalue weighted by atomic mass is 9.93. The van der Waals surface area contributed by atoms with Gasteiger partial charge in [0, 0.05) is 12.1 Å². The van der Waals surface area contributed by atoms with Crippen molar-refractivity contribution in [2.24, 2.45) is 0 Å². The summed E-state index contributed by atoms with van der Waals surface area (Å²) in [5.41, 5.74) is 11.4. The number of hydrogen-bond donors (Lipinski definition) is 6. The maximum atomic E-state index is 13.0. The highest BCUT2D eigenvalue weighted by Crippen LogP contribution is 2.34. The number of anilines is 4. The summed E-state index contributed by atoms with van der Waals surface area (Å²) >= 11 is 6.13. The van der Waals surface area contributed by atoms with Gasteiger partial charge in [-0.05, 0) is 87.8 Å². The molecule has 0 amide bonds. The SMILES string of the molecule is Nc1ncc(Oc2ccc(F)cc2)c(NC2CCC(O)CC2)n1.Nc1ncc(Oc2ccccc2Cl)c(NC2CCC(O)CC2)n1. The Balaban J connectivity index is 0.000000181. The summed E-state index contributed by atoms with van der Waals surface area (Å²) in [5, 5.41) is 26.3. The van der Waals surface area contributed by atoms with Crippen LogP contribution in [0.2, 0.25) is 5.02 Å². The zero-order valence-corrected chi connectivity index (χ0v) is 25.9. The van der Waals surface area contributed by atoms with Crippen LogP contribution in [0.5, 0.6) is 23.0 Å². The van der Waals surface area contributed by atoms with Crippen LogP contribution in [0.3, 0.4) is 0 Å². The minimum absolute atomic E-state index is 0.148. The molecule has 244 valence electrons. The summed E-state index contributed by atoms with van der Waals surface area (Å²) in [4.78, 5) is 16.4. The Bertz CT molecular complexity index is 1570. The molecule has 4 aromatic rings. The van der Waals surface area contributed by atoms with Crippen LogP contribution < -0.4 is 31.6 Å². The number of aromatic nitrogens is 4. The van der Waals surface area contributed by atoms with Gasteiger partial charge in [0.05, 0.1) is 29.6 Å². The molecule has 2 fully saturated rings. The molecule has 2 aromatic heterocycles. The van der Waals surface area contributed by atoms with E-state index < -0.39 is 0 Å². The molecule has 2 aliphatic rings. The van der Waals surface area contributed by atoms with Crippen LogP contribution >= 0.6 is 11.6 Å². The van der Waals surface area contributed by atoms with E-state index in [1.54, 1.807) is 12.1 Å². The summed E-state index contributed by atoms with van der Waals surface area (Å²) in [6, 6.07) is 13.3. The number of nitrogens with one attached hydrogen (secondary N) is 2. The number of aliphatic hydroxyl groups is 2. The van der Waals surface area contributed by atoms with E-state index >= 15 is 0 Å². The van der Waals surface area contributed by atoms with Crippen molar-refractivity contribution in [3.63, 3.8) is 0 Å². The summed E-state index contributed by atoms with van der Waals surface area (Å²) in [6.07, 6.45) is 9.10. The van der Waals surface area contributed by atoms with Gasteiger partial charge in [-0.25, -0.2) is 14.4 Å². The van der Waals surface area contributed by atoms with Gasteiger partial charge < -0.3 is 41.8 Å². The minimum atomic E-state index is -0.329. The fourth-order valence-electron chi connectivity index (χ4n) is 5.23. The molecule has 0 bridgehead atoms. The molecule has 2 aromatic carbocycles. The van der Waals surface area contributed by atoms with Gasteiger partial charge >= 0.3 is 0 Å². The molecule has 0 radical (unpaired) electrons. The Morgan fingerprint density at radius 3 is 1.65 bits per heavy atom. The molecule has 0 saturated heterocycles. The second kappa shape index (κ2) is 15.7. The Kier molecular flexibility index (Phi) is 11.2. The predicted octanol–water partition coefficient (Wildman–Crippen LogP) is 5.93. The molecule has 0 aliphatic heterocycles. The third kappa shape index (κ3) is 9.52. The lowest BCUT2D eigenvalue weighted by molar-refractivity contribution is 0.125. The molecule has 2 heterocycles. The smallest absolute Gasteiger partial charge is 0.222 e. The summed E-state index contributed by atoms with van der Waals surface area (Å²) < 4.78 is 24.5. The van der Waals surface area contributed by atoms with Gasteiger partial charge in [0.25, 0.3) is 0 Å². The highest BCUT2D eigenvalue weighted by Gasteiger charge is 2.23. The van der Waals surface area contributed by atoms with Crippen LogP contribution in [0.4, 0.5) is 27.9 Å². The summed E-state index contributed by atoms with van der Waals surface area (Å²) in [6.45, 7) is 0. The molecule has 6 rings (SSSR count). The van der Waals surface area contributed by atoms with Crippen molar-refractivity contribution in [3.05, 3.63) is 71.8 Å². The molecule has 14 heteroatoms. The van der Waals surface area contributed by atoms with E-state index in [0.717, 1.165) is 51.4 Å². The van der Waals surface area contributed by atoms with Crippen LogP contribution in [0.1, 0.15) is 51.4 Å². The number of nitrogens with two attached hydrogens (primary N) is 2. The fourth-order valence-corrected chi connectivity index (χ4v) is 5.40. The van der Waals surface area contributed by atoms with Crippen LogP contribution in [0.25, 0.3) is 0 Å². The highest BCUT2D eigenvalue weighted by atomic mass is 35.5. The van der Waals surface area contributed by atoms with Crippen molar-refractivity contribution in [1.29, 1.82) is 0 Å². The molecule has 46 heavy (non-hydrogen) atoms. The van der Waals surface area contributed by atoms with Gasteiger partial charge in [-0.1, -0.05) is 23.7 Å². The number of nitrogens with zero attached hydrogens (tertiary/aromatic N) is 4. The minimum Gasteiger partial charge on any atom is -0.452 e. The van der Waals surface area contributed by atoms with Gasteiger partial charge in [0.15, 0.2) is 23.1 Å². The Morgan fingerprint density at radius 2 is 1.15 bits per heavy atom. The lowest BCUT2D eigenvalue weighted by Gasteiger charge is -2.27. The highest BCUT2D eigenvalue weighted by molar-refractivity contribution is 6.32. The number of rotatable bonds is 8. The first-order chi connectivity index (χ1) is 22.2. The van der Waals surface area contributed by atoms with Crippen molar-refractivity contribution in [3.8, 4) is 23.0 Å². The quantitative estimate of drug-likeness (QED) is 0.132. The zero-order valence-electron chi connectivity index (χ0n) is 25.2. The Hall–Kier alpha value is -4.46. The monoisotopic (exact) mass is 652 g/mol. The van der Waals surface area contributed by atoms with Crippen molar-refractivity contribution in [2.75, 3.05) is 22.1 Å². The summed E-state index contributed by atoms with van der Waals surface area (Å²) in [7, 11) is 0. The van der Waals surface area contributed by atoms with Crippen LogP contribution in [0.15, 0.2) is 60.9 Å². The zero-order chi connectivity index (χ0) is 32.5. The Morgan fingerprint density at radius 1 is 0.674 bits per heavy atom. The third-order valence-electron chi connectivity index (χ3n) is 7.72. The number of para-hydroxylation sites is 1. The van der Waals surface area contributed by atoms with Gasteiger partial charge in [-0.3, -0.25) is 0 Å².